The van der Waals surface area contributed by atoms with E-state index in [9.17, 15) is 13.2 Å². The van der Waals surface area contributed by atoms with E-state index in [0.29, 0.717) is 17.5 Å². The lowest BCUT2D eigenvalue weighted by molar-refractivity contribution is -0.121. The van der Waals surface area contributed by atoms with Crippen LogP contribution in [0.1, 0.15) is 31.7 Å². The molecule has 2 rings (SSSR count). The number of benzene rings is 1. The number of carbonyl (C=O) groups excluding carboxylic acids is 1. The zero-order valence-corrected chi connectivity index (χ0v) is 17.2. The molecule has 0 aliphatic heterocycles. The molecule has 1 amide bonds. The number of hydrogen-bond donors (Lipinski definition) is 2. The zero-order chi connectivity index (χ0) is 20.4. The number of pyridine rings is 1. The van der Waals surface area contributed by atoms with Crippen LogP contribution < -0.4 is 14.8 Å². The number of sulfonamides is 1. The van der Waals surface area contributed by atoms with E-state index in [-0.39, 0.29) is 30.3 Å². The number of carbonyl (C=O) groups is 1. The molecule has 0 unspecified atom stereocenters. The van der Waals surface area contributed by atoms with Gasteiger partial charge in [0.1, 0.15) is 0 Å². The van der Waals surface area contributed by atoms with Crippen LogP contribution in [0.25, 0.3) is 0 Å². The summed E-state index contributed by atoms with van der Waals surface area (Å²) in [5.74, 6) is 0.218. The van der Waals surface area contributed by atoms with Crippen LogP contribution in [0, 0.1) is 0 Å². The molecule has 1 aromatic carbocycles. The van der Waals surface area contributed by atoms with Crippen LogP contribution in [-0.2, 0) is 21.4 Å². The number of ether oxygens (including phenoxy) is 1. The Morgan fingerprint density at radius 3 is 2.82 bits per heavy atom. The van der Waals surface area contributed by atoms with Crippen molar-refractivity contribution in [3.8, 4) is 5.88 Å². The van der Waals surface area contributed by atoms with Gasteiger partial charge >= 0.3 is 0 Å². The first kappa shape index (κ1) is 22.1. The van der Waals surface area contributed by atoms with E-state index in [1.165, 1.54) is 12.1 Å². The third-order valence-corrected chi connectivity index (χ3v) is 5.51. The van der Waals surface area contributed by atoms with Crippen molar-refractivity contribution >= 4 is 27.5 Å². The molecule has 0 bridgehead atoms. The number of nitrogens with one attached hydrogen (secondary N) is 2. The van der Waals surface area contributed by atoms with Gasteiger partial charge in [0.2, 0.25) is 21.8 Å². The van der Waals surface area contributed by atoms with Crippen molar-refractivity contribution < 1.29 is 17.9 Å². The lowest BCUT2D eigenvalue weighted by atomic mass is 10.2. The van der Waals surface area contributed by atoms with Crippen molar-refractivity contribution in [2.75, 3.05) is 13.2 Å². The molecule has 2 N–H and O–H groups in total. The highest BCUT2D eigenvalue weighted by atomic mass is 35.5. The van der Waals surface area contributed by atoms with E-state index in [4.69, 9.17) is 16.3 Å². The largest absolute Gasteiger partial charge is 0.477 e. The second-order valence-electron chi connectivity index (χ2n) is 6.05. The fourth-order valence-corrected chi connectivity index (χ4v) is 3.63. The Kier molecular flexibility index (Phi) is 8.69. The van der Waals surface area contributed by atoms with Gasteiger partial charge in [0.05, 0.1) is 11.5 Å². The van der Waals surface area contributed by atoms with E-state index in [1.807, 2.05) is 6.07 Å². The van der Waals surface area contributed by atoms with Crippen molar-refractivity contribution in [3.05, 3.63) is 53.2 Å². The predicted molar refractivity (Wildman–Crippen MR) is 108 cm³/mol. The van der Waals surface area contributed by atoms with Gasteiger partial charge in [0, 0.05) is 36.3 Å². The second-order valence-corrected chi connectivity index (χ2v) is 8.25. The maximum absolute atomic E-state index is 12.2. The van der Waals surface area contributed by atoms with Gasteiger partial charge in [0.15, 0.2) is 0 Å². The molecule has 28 heavy (non-hydrogen) atoms. The van der Waals surface area contributed by atoms with Gasteiger partial charge in [-0.05, 0) is 30.7 Å². The Hall–Kier alpha value is -2.16. The topological polar surface area (TPSA) is 97.4 Å². The van der Waals surface area contributed by atoms with E-state index >= 15 is 0 Å². The van der Waals surface area contributed by atoms with Crippen molar-refractivity contribution in [3.63, 3.8) is 0 Å². The van der Waals surface area contributed by atoms with Crippen molar-refractivity contribution in [2.24, 2.45) is 0 Å². The fourth-order valence-electron chi connectivity index (χ4n) is 2.30. The minimum Gasteiger partial charge on any atom is -0.477 e. The first-order valence-corrected chi connectivity index (χ1v) is 10.9. The summed E-state index contributed by atoms with van der Waals surface area (Å²) in [5, 5.41) is 3.08. The molecule has 0 radical (unpaired) electrons. The smallest absolute Gasteiger partial charge is 0.240 e. The van der Waals surface area contributed by atoms with Crippen LogP contribution in [0.15, 0.2) is 47.5 Å². The maximum Gasteiger partial charge on any atom is 0.240 e. The molecule has 2 aromatic rings. The molecule has 0 spiro atoms. The number of nitrogens with zero attached hydrogens (tertiary/aromatic N) is 1. The minimum absolute atomic E-state index is 0.00603. The fraction of sp³-hybridized carbons (Fsp3) is 0.368. The average Bonchev–Trinajstić information content (AvgIpc) is 2.67. The van der Waals surface area contributed by atoms with Crippen molar-refractivity contribution in [1.82, 2.24) is 15.0 Å². The number of aromatic nitrogens is 1. The lowest BCUT2D eigenvalue weighted by Gasteiger charge is -2.11. The van der Waals surface area contributed by atoms with Gasteiger partial charge in [-0.1, -0.05) is 37.1 Å². The molecule has 152 valence electrons. The number of halogens is 1. The molecule has 0 fully saturated rings. The summed E-state index contributed by atoms with van der Waals surface area (Å²) in [7, 11) is -3.71. The lowest BCUT2D eigenvalue weighted by Crippen LogP contribution is -2.30. The summed E-state index contributed by atoms with van der Waals surface area (Å²) in [6, 6.07) is 9.54. The third-order valence-electron chi connectivity index (χ3n) is 3.81. The molecule has 7 nitrogen and oxygen atoms in total. The highest BCUT2D eigenvalue weighted by molar-refractivity contribution is 7.89. The first-order valence-electron chi connectivity index (χ1n) is 9.01. The maximum atomic E-state index is 12.2. The second kappa shape index (κ2) is 11.0. The van der Waals surface area contributed by atoms with Crippen molar-refractivity contribution in [1.29, 1.82) is 0 Å². The molecule has 0 saturated heterocycles. The minimum atomic E-state index is -3.71. The van der Waals surface area contributed by atoms with E-state index < -0.39 is 10.0 Å². The van der Waals surface area contributed by atoms with Gasteiger partial charge in [-0.2, -0.15) is 0 Å². The van der Waals surface area contributed by atoms with Crippen LogP contribution in [0.2, 0.25) is 5.02 Å². The molecule has 0 saturated carbocycles. The van der Waals surface area contributed by atoms with Crippen LogP contribution >= 0.6 is 11.6 Å². The summed E-state index contributed by atoms with van der Waals surface area (Å²) in [6.07, 6.45) is 3.59. The first-order chi connectivity index (χ1) is 13.4. The Morgan fingerprint density at radius 2 is 2.07 bits per heavy atom. The molecule has 0 aliphatic rings. The molecule has 9 heteroatoms. The summed E-state index contributed by atoms with van der Waals surface area (Å²) < 4.78 is 32.4. The predicted octanol–water partition coefficient (Wildman–Crippen LogP) is 2.90. The molecular weight excluding hydrogens is 402 g/mol. The Bertz CT molecular complexity index is 890. The van der Waals surface area contributed by atoms with Crippen LogP contribution in [0.5, 0.6) is 5.88 Å². The Labute approximate surface area is 170 Å². The van der Waals surface area contributed by atoms with E-state index in [2.05, 4.69) is 21.9 Å². The third kappa shape index (κ3) is 7.10. The summed E-state index contributed by atoms with van der Waals surface area (Å²) in [5.41, 5.74) is 0.770. The number of unbranched alkanes of at least 4 members (excludes halogenated alkanes) is 1. The van der Waals surface area contributed by atoms with Gasteiger partial charge < -0.3 is 10.1 Å². The quantitative estimate of drug-likeness (QED) is 0.539. The number of rotatable bonds is 11. The highest BCUT2D eigenvalue weighted by Gasteiger charge is 2.14. The van der Waals surface area contributed by atoms with E-state index in [0.717, 1.165) is 18.4 Å². The van der Waals surface area contributed by atoms with Gasteiger partial charge in [0.25, 0.3) is 0 Å². The standard InChI is InChI=1S/C19H24ClN3O4S/c1-2-3-12-27-19-15(6-5-10-21-19)14-22-18(24)9-11-23-28(25,26)17-8-4-7-16(20)13-17/h4-8,10,13,23H,2-3,9,11-12,14H2,1H3,(H,22,24). The number of hydrogen-bond acceptors (Lipinski definition) is 5. The van der Waals surface area contributed by atoms with Crippen LogP contribution in [-0.4, -0.2) is 32.5 Å². The molecule has 0 atom stereocenters. The van der Waals surface area contributed by atoms with Gasteiger partial charge in [-0.25, -0.2) is 18.1 Å². The zero-order valence-electron chi connectivity index (χ0n) is 15.7. The summed E-state index contributed by atoms with van der Waals surface area (Å²) >= 11 is 5.82. The van der Waals surface area contributed by atoms with Crippen molar-refractivity contribution in [2.45, 2.75) is 37.6 Å². The summed E-state index contributed by atoms with van der Waals surface area (Å²) in [6.45, 7) is 2.88. The van der Waals surface area contributed by atoms with Gasteiger partial charge in [-0.15, -0.1) is 0 Å². The number of amides is 1. The van der Waals surface area contributed by atoms with Crippen LogP contribution in [0.4, 0.5) is 0 Å². The molecule has 1 heterocycles. The van der Waals surface area contributed by atoms with Gasteiger partial charge in [-0.3, -0.25) is 4.79 Å². The Balaban J connectivity index is 1.80. The molecule has 0 aliphatic carbocycles. The Morgan fingerprint density at radius 1 is 1.25 bits per heavy atom. The summed E-state index contributed by atoms with van der Waals surface area (Å²) in [4.78, 5) is 16.3. The van der Waals surface area contributed by atoms with E-state index in [1.54, 1.807) is 24.4 Å². The molecular formula is C19H24ClN3O4S. The highest BCUT2D eigenvalue weighted by Crippen LogP contribution is 2.16. The normalized spacial score (nSPS) is 11.2. The molecule has 1 aromatic heterocycles. The SMILES string of the molecule is CCCCOc1ncccc1CNC(=O)CCNS(=O)(=O)c1cccc(Cl)c1. The van der Waals surface area contributed by atoms with Crippen LogP contribution in [0.3, 0.4) is 0 Å². The monoisotopic (exact) mass is 425 g/mol. The average molecular weight is 426 g/mol.